The van der Waals surface area contributed by atoms with Crippen molar-refractivity contribution in [2.45, 2.75) is 40.3 Å². The van der Waals surface area contributed by atoms with E-state index in [1.165, 1.54) is 10.9 Å². The molecule has 0 spiro atoms. The fourth-order valence-corrected chi connectivity index (χ4v) is 3.58. The molecule has 3 aromatic heterocycles. The van der Waals surface area contributed by atoms with Gasteiger partial charge in [0.2, 0.25) is 17.7 Å². The van der Waals surface area contributed by atoms with Gasteiger partial charge in [0, 0.05) is 11.3 Å². The molecule has 10 nitrogen and oxygen atoms in total. The second-order valence-electron chi connectivity index (χ2n) is 7.61. The lowest BCUT2D eigenvalue weighted by molar-refractivity contribution is 0.146. The highest BCUT2D eigenvalue weighted by atomic mass is 19.3. The molecule has 12 heteroatoms. The second-order valence-corrected chi connectivity index (χ2v) is 7.61. The fourth-order valence-electron chi connectivity index (χ4n) is 3.58. The van der Waals surface area contributed by atoms with Crippen LogP contribution in [0.25, 0.3) is 22.4 Å². The number of benzene rings is 1. The molecule has 3 heterocycles. The molecule has 0 unspecified atom stereocenters. The first-order valence-electron chi connectivity index (χ1n) is 10.6. The largest absolute Gasteiger partial charge is 0.469 e. The van der Waals surface area contributed by atoms with Crippen molar-refractivity contribution in [3.63, 3.8) is 0 Å². The lowest BCUT2D eigenvalue weighted by Gasteiger charge is -2.17. The van der Waals surface area contributed by atoms with Crippen LogP contribution < -0.4 is 10.5 Å². The fraction of sp³-hybridized carbons (Fsp3) is 0.261. The molecule has 178 valence electrons. The van der Waals surface area contributed by atoms with Gasteiger partial charge in [0.1, 0.15) is 5.69 Å². The molecule has 4 rings (SSSR count). The third kappa shape index (κ3) is 4.89. The summed E-state index contributed by atoms with van der Waals surface area (Å²) in [6.45, 7) is 5.69. The third-order valence-corrected chi connectivity index (χ3v) is 5.20. The van der Waals surface area contributed by atoms with Gasteiger partial charge in [-0.3, -0.25) is 4.98 Å². The standard InChI is InChI=1S/C23H21F2N9O/c1-4-34-32-18(31-33-34)11-35-22-19(15-8-12(2)28-17(9-15)21(24)25)20(29-23(27)30-22)16-7-5-6-14(10-26)13(16)3/h5-9,21H,4,11H2,1-3H3,(H2,27,29,30). The SMILES string of the molecule is CCn1nnc(COc2nc(N)nc(-c3cccc(C#N)c3C)c2-c2cc(C)nc(C(F)F)c2)n1. The van der Waals surface area contributed by atoms with Crippen LogP contribution in [0, 0.1) is 25.2 Å². The lowest BCUT2D eigenvalue weighted by atomic mass is 9.94. The van der Waals surface area contributed by atoms with Gasteiger partial charge in [-0.1, -0.05) is 12.1 Å². The molecular formula is C23H21F2N9O. The first-order chi connectivity index (χ1) is 16.8. The first-order valence-corrected chi connectivity index (χ1v) is 10.6. The molecule has 2 N–H and O–H groups in total. The van der Waals surface area contributed by atoms with Crippen molar-refractivity contribution in [1.82, 2.24) is 35.2 Å². The number of tetrazole rings is 1. The van der Waals surface area contributed by atoms with Crippen LogP contribution in [-0.4, -0.2) is 35.2 Å². The minimum atomic E-state index is -2.78. The molecular weight excluding hydrogens is 456 g/mol. The van der Waals surface area contributed by atoms with Crippen molar-refractivity contribution >= 4 is 5.95 Å². The van der Waals surface area contributed by atoms with Gasteiger partial charge in [0.05, 0.1) is 29.4 Å². The molecule has 0 saturated heterocycles. The number of aryl methyl sites for hydroxylation is 2. The van der Waals surface area contributed by atoms with E-state index in [0.29, 0.717) is 51.6 Å². The quantitative estimate of drug-likeness (QED) is 0.420. The first kappa shape index (κ1) is 23.6. The maximum atomic E-state index is 13.6. The summed E-state index contributed by atoms with van der Waals surface area (Å²) in [4.78, 5) is 14.0. The van der Waals surface area contributed by atoms with E-state index in [-0.39, 0.29) is 18.4 Å². The Balaban J connectivity index is 1.94. The third-order valence-electron chi connectivity index (χ3n) is 5.20. The molecule has 0 aliphatic carbocycles. The number of pyridine rings is 1. The summed E-state index contributed by atoms with van der Waals surface area (Å²) in [7, 11) is 0. The van der Waals surface area contributed by atoms with Crippen LogP contribution in [-0.2, 0) is 13.2 Å². The molecule has 0 saturated carbocycles. The summed E-state index contributed by atoms with van der Waals surface area (Å²) in [5, 5.41) is 21.5. The van der Waals surface area contributed by atoms with Crippen LogP contribution in [0.1, 0.15) is 41.7 Å². The maximum absolute atomic E-state index is 13.6. The summed E-state index contributed by atoms with van der Waals surface area (Å²) in [6.07, 6.45) is -2.78. The van der Waals surface area contributed by atoms with Gasteiger partial charge in [-0.2, -0.15) is 15.0 Å². The summed E-state index contributed by atoms with van der Waals surface area (Å²) < 4.78 is 33.1. The average molecular weight is 477 g/mol. The van der Waals surface area contributed by atoms with Crippen LogP contribution in [0.3, 0.4) is 0 Å². The Labute approximate surface area is 199 Å². The smallest absolute Gasteiger partial charge is 0.280 e. The molecule has 0 radical (unpaired) electrons. The number of hydrogen-bond acceptors (Lipinski definition) is 9. The molecule has 0 aliphatic rings. The van der Waals surface area contributed by atoms with Gasteiger partial charge in [0.25, 0.3) is 6.43 Å². The number of nitrogen functional groups attached to an aromatic ring is 1. The zero-order valence-electron chi connectivity index (χ0n) is 19.2. The Morgan fingerprint density at radius 1 is 1.17 bits per heavy atom. The molecule has 4 aromatic rings. The predicted molar refractivity (Wildman–Crippen MR) is 122 cm³/mol. The van der Waals surface area contributed by atoms with Crippen LogP contribution in [0.4, 0.5) is 14.7 Å². The van der Waals surface area contributed by atoms with Crippen LogP contribution in [0.15, 0.2) is 30.3 Å². The molecule has 35 heavy (non-hydrogen) atoms. The van der Waals surface area contributed by atoms with Gasteiger partial charge in [-0.05, 0) is 55.3 Å². The number of nitrogens with zero attached hydrogens (tertiary/aromatic N) is 8. The van der Waals surface area contributed by atoms with Crippen molar-refractivity contribution in [2.24, 2.45) is 0 Å². The van der Waals surface area contributed by atoms with E-state index < -0.39 is 12.1 Å². The Morgan fingerprint density at radius 3 is 2.66 bits per heavy atom. The summed E-state index contributed by atoms with van der Waals surface area (Å²) in [6, 6.07) is 10.2. The molecule has 0 atom stereocenters. The number of nitriles is 1. The zero-order valence-corrected chi connectivity index (χ0v) is 19.2. The zero-order chi connectivity index (χ0) is 25.1. The second kappa shape index (κ2) is 9.76. The van der Waals surface area contributed by atoms with Crippen LogP contribution in [0.5, 0.6) is 5.88 Å². The Morgan fingerprint density at radius 2 is 1.97 bits per heavy atom. The Bertz CT molecular complexity index is 1430. The van der Waals surface area contributed by atoms with Gasteiger partial charge >= 0.3 is 0 Å². The number of aromatic nitrogens is 7. The van der Waals surface area contributed by atoms with Crippen molar-refractivity contribution in [3.05, 3.63) is 58.7 Å². The summed E-state index contributed by atoms with van der Waals surface area (Å²) in [5.41, 5.74) is 8.69. The summed E-state index contributed by atoms with van der Waals surface area (Å²) in [5.74, 6) is 0.261. The molecule has 0 bridgehead atoms. The number of halogens is 2. The van der Waals surface area contributed by atoms with Crippen molar-refractivity contribution < 1.29 is 13.5 Å². The number of anilines is 1. The normalized spacial score (nSPS) is 11.0. The number of hydrogen-bond donors (Lipinski definition) is 1. The highest BCUT2D eigenvalue weighted by Crippen LogP contribution is 2.40. The van der Waals surface area contributed by atoms with Crippen molar-refractivity contribution in [1.29, 1.82) is 5.26 Å². The number of rotatable bonds is 7. The highest BCUT2D eigenvalue weighted by molar-refractivity contribution is 5.86. The monoisotopic (exact) mass is 477 g/mol. The van der Waals surface area contributed by atoms with Crippen LogP contribution in [0.2, 0.25) is 0 Å². The number of alkyl halides is 2. The number of nitrogens with two attached hydrogens (primary N) is 1. The maximum Gasteiger partial charge on any atom is 0.280 e. The Kier molecular flexibility index (Phi) is 6.59. The van der Waals surface area contributed by atoms with Gasteiger partial charge < -0.3 is 10.5 Å². The Hall–Kier alpha value is -4.53. The van der Waals surface area contributed by atoms with E-state index in [2.05, 4.69) is 36.4 Å². The van der Waals surface area contributed by atoms with E-state index in [4.69, 9.17) is 10.5 Å². The minimum Gasteiger partial charge on any atom is -0.469 e. The van der Waals surface area contributed by atoms with Crippen LogP contribution >= 0.6 is 0 Å². The van der Waals surface area contributed by atoms with E-state index >= 15 is 0 Å². The van der Waals surface area contributed by atoms with Gasteiger partial charge in [0.15, 0.2) is 6.61 Å². The minimum absolute atomic E-state index is 0.0490. The van der Waals surface area contributed by atoms with E-state index in [1.54, 1.807) is 38.1 Å². The molecule has 0 fully saturated rings. The van der Waals surface area contributed by atoms with Crippen molar-refractivity contribution in [3.8, 4) is 34.3 Å². The summed E-state index contributed by atoms with van der Waals surface area (Å²) >= 11 is 0. The van der Waals surface area contributed by atoms with Crippen molar-refractivity contribution in [2.75, 3.05) is 5.73 Å². The number of ether oxygens (including phenoxy) is 1. The molecule has 0 amide bonds. The topological polar surface area (TPSA) is 141 Å². The van der Waals surface area contributed by atoms with Gasteiger partial charge in [-0.15, -0.1) is 10.2 Å². The predicted octanol–water partition coefficient (Wildman–Crippen LogP) is 3.80. The molecule has 1 aromatic carbocycles. The van der Waals surface area contributed by atoms with E-state index in [9.17, 15) is 14.0 Å². The lowest BCUT2D eigenvalue weighted by Crippen LogP contribution is -2.08. The van der Waals surface area contributed by atoms with E-state index in [0.717, 1.165) is 0 Å². The molecule has 0 aliphatic heterocycles. The average Bonchev–Trinajstić information content (AvgIpc) is 3.30. The van der Waals surface area contributed by atoms with E-state index in [1.807, 2.05) is 6.92 Å². The van der Waals surface area contributed by atoms with Gasteiger partial charge in [-0.25, -0.2) is 13.8 Å². The highest BCUT2D eigenvalue weighted by Gasteiger charge is 2.23.